The van der Waals surface area contributed by atoms with E-state index >= 15 is 0 Å². The molecule has 0 amide bonds. The van der Waals surface area contributed by atoms with E-state index < -0.39 is 5.97 Å². The van der Waals surface area contributed by atoms with Gasteiger partial charge in [0.05, 0.1) is 16.3 Å². The van der Waals surface area contributed by atoms with Gasteiger partial charge in [-0.2, -0.15) is 0 Å². The van der Waals surface area contributed by atoms with Crippen LogP contribution in [0.5, 0.6) is 0 Å². The van der Waals surface area contributed by atoms with Crippen molar-refractivity contribution in [1.82, 2.24) is 0 Å². The Labute approximate surface area is 127 Å². The van der Waals surface area contributed by atoms with Gasteiger partial charge in [0.15, 0.2) is 0 Å². The molecule has 1 unspecified atom stereocenters. The lowest BCUT2D eigenvalue weighted by atomic mass is 10.1. The summed E-state index contributed by atoms with van der Waals surface area (Å²) in [7, 11) is 0. The molecule has 108 valence electrons. The number of rotatable bonds is 2. The highest BCUT2D eigenvalue weighted by atomic mass is 35.5. The summed E-state index contributed by atoms with van der Waals surface area (Å²) < 4.78 is 0. The summed E-state index contributed by atoms with van der Waals surface area (Å²) in [6, 6.07) is 11.2. The molecule has 5 heteroatoms. The SMILES string of the molecule is CC1Cc2ccccc2N1c1c(Cl)cc(N)cc1C(=O)O. The lowest BCUT2D eigenvalue weighted by Gasteiger charge is -2.27. The van der Waals surface area contributed by atoms with E-state index in [9.17, 15) is 9.90 Å². The average molecular weight is 303 g/mol. The monoisotopic (exact) mass is 302 g/mol. The Morgan fingerprint density at radius 1 is 1.38 bits per heavy atom. The van der Waals surface area contributed by atoms with Crippen molar-refractivity contribution in [3.63, 3.8) is 0 Å². The third-order valence-corrected chi connectivity index (χ3v) is 4.05. The smallest absolute Gasteiger partial charge is 0.337 e. The van der Waals surface area contributed by atoms with E-state index in [0.717, 1.165) is 12.1 Å². The molecule has 1 aliphatic rings. The van der Waals surface area contributed by atoms with Crippen LogP contribution >= 0.6 is 11.6 Å². The largest absolute Gasteiger partial charge is 0.478 e. The highest BCUT2D eigenvalue weighted by Gasteiger charge is 2.31. The summed E-state index contributed by atoms with van der Waals surface area (Å²) in [5, 5.41) is 9.83. The molecule has 0 saturated heterocycles. The Morgan fingerprint density at radius 3 is 2.81 bits per heavy atom. The van der Waals surface area contributed by atoms with Crippen molar-refractivity contribution < 1.29 is 9.90 Å². The summed E-state index contributed by atoms with van der Waals surface area (Å²) >= 11 is 6.31. The number of benzene rings is 2. The Balaban J connectivity index is 2.24. The summed E-state index contributed by atoms with van der Waals surface area (Å²) in [5.41, 5.74) is 8.90. The number of para-hydroxylation sites is 1. The summed E-state index contributed by atoms with van der Waals surface area (Å²) in [4.78, 5) is 13.5. The molecule has 1 aliphatic heterocycles. The molecule has 3 rings (SSSR count). The fraction of sp³-hybridized carbons (Fsp3) is 0.188. The van der Waals surface area contributed by atoms with Crippen LogP contribution in [0.25, 0.3) is 0 Å². The molecule has 0 radical (unpaired) electrons. The van der Waals surface area contributed by atoms with Gasteiger partial charge in [0.2, 0.25) is 0 Å². The number of hydrogen-bond acceptors (Lipinski definition) is 3. The molecule has 21 heavy (non-hydrogen) atoms. The number of anilines is 3. The van der Waals surface area contributed by atoms with Gasteiger partial charge < -0.3 is 15.7 Å². The molecule has 0 aliphatic carbocycles. The van der Waals surface area contributed by atoms with E-state index in [1.165, 1.54) is 11.6 Å². The zero-order valence-corrected chi connectivity index (χ0v) is 12.3. The molecule has 2 aromatic carbocycles. The molecular formula is C16H15ClN2O2. The van der Waals surface area contributed by atoms with Crippen LogP contribution in [-0.2, 0) is 6.42 Å². The maximum atomic E-state index is 11.6. The molecule has 0 saturated carbocycles. The molecule has 1 atom stereocenters. The van der Waals surface area contributed by atoms with Crippen molar-refractivity contribution in [2.75, 3.05) is 10.6 Å². The van der Waals surface area contributed by atoms with Crippen LogP contribution in [0.3, 0.4) is 0 Å². The van der Waals surface area contributed by atoms with Gasteiger partial charge in [0.25, 0.3) is 0 Å². The molecule has 0 bridgehead atoms. The molecule has 3 N–H and O–H groups in total. The third-order valence-electron chi connectivity index (χ3n) is 3.76. The molecular weight excluding hydrogens is 288 g/mol. The molecule has 0 spiro atoms. The first kappa shape index (κ1) is 13.8. The van der Waals surface area contributed by atoms with E-state index in [-0.39, 0.29) is 11.6 Å². The normalized spacial score (nSPS) is 16.9. The number of carboxylic acids is 1. The Bertz CT molecular complexity index is 730. The molecule has 4 nitrogen and oxygen atoms in total. The quantitative estimate of drug-likeness (QED) is 0.830. The van der Waals surface area contributed by atoms with Gasteiger partial charge in [0, 0.05) is 17.4 Å². The Kier molecular flexibility index (Phi) is 3.26. The zero-order valence-electron chi connectivity index (χ0n) is 11.5. The van der Waals surface area contributed by atoms with Crippen molar-refractivity contribution in [3.05, 3.63) is 52.5 Å². The average Bonchev–Trinajstić information content (AvgIpc) is 2.74. The van der Waals surface area contributed by atoms with Gasteiger partial charge in [-0.1, -0.05) is 29.8 Å². The Morgan fingerprint density at radius 2 is 2.10 bits per heavy atom. The topological polar surface area (TPSA) is 66.6 Å². The minimum atomic E-state index is -1.03. The number of carboxylic acid groups (broad SMARTS) is 1. The number of fused-ring (bicyclic) bond motifs is 1. The molecule has 0 fully saturated rings. The first-order valence-electron chi connectivity index (χ1n) is 6.68. The Hall–Kier alpha value is -2.20. The summed E-state index contributed by atoms with van der Waals surface area (Å²) in [6.45, 7) is 2.05. The first-order chi connectivity index (χ1) is 9.99. The van der Waals surface area contributed by atoms with E-state index in [1.807, 2.05) is 23.1 Å². The summed E-state index contributed by atoms with van der Waals surface area (Å²) in [6.07, 6.45) is 0.857. The minimum Gasteiger partial charge on any atom is -0.478 e. The third kappa shape index (κ3) is 2.21. The maximum Gasteiger partial charge on any atom is 0.337 e. The van der Waals surface area contributed by atoms with E-state index in [4.69, 9.17) is 17.3 Å². The second kappa shape index (κ2) is 4.97. The van der Waals surface area contributed by atoms with Crippen molar-refractivity contribution in [2.24, 2.45) is 0 Å². The predicted molar refractivity (Wildman–Crippen MR) is 84.6 cm³/mol. The second-order valence-electron chi connectivity index (χ2n) is 5.26. The van der Waals surface area contributed by atoms with Crippen molar-refractivity contribution in [2.45, 2.75) is 19.4 Å². The number of nitrogen functional groups attached to an aromatic ring is 1. The van der Waals surface area contributed by atoms with E-state index in [1.54, 1.807) is 6.07 Å². The van der Waals surface area contributed by atoms with Gasteiger partial charge in [0.1, 0.15) is 0 Å². The highest BCUT2D eigenvalue weighted by Crippen LogP contribution is 2.43. The number of halogens is 1. The van der Waals surface area contributed by atoms with Crippen molar-refractivity contribution in [1.29, 1.82) is 0 Å². The van der Waals surface area contributed by atoms with E-state index in [0.29, 0.717) is 16.4 Å². The number of nitrogens with two attached hydrogens (primary N) is 1. The van der Waals surface area contributed by atoms with Crippen LogP contribution in [0.2, 0.25) is 5.02 Å². The van der Waals surface area contributed by atoms with E-state index in [2.05, 4.69) is 13.0 Å². The number of nitrogens with zero attached hydrogens (tertiary/aromatic N) is 1. The minimum absolute atomic E-state index is 0.128. The van der Waals surface area contributed by atoms with Gasteiger partial charge in [-0.3, -0.25) is 0 Å². The van der Waals surface area contributed by atoms with Crippen LogP contribution in [0.15, 0.2) is 36.4 Å². The van der Waals surface area contributed by atoms with Gasteiger partial charge in [-0.05, 0) is 37.1 Å². The molecule has 0 aromatic heterocycles. The van der Waals surface area contributed by atoms with Crippen LogP contribution in [0.4, 0.5) is 17.1 Å². The van der Waals surface area contributed by atoms with Gasteiger partial charge >= 0.3 is 5.97 Å². The second-order valence-corrected chi connectivity index (χ2v) is 5.66. The van der Waals surface area contributed by atoms with Crippen molar-refractivity contribution >= 4 is 34.6 Å². The zero-order chi connectivity index (χ0) is 15.1. The lowest BCUT2D eigenvalue weighted by molar-refractivity contribution is 0.0697. The number of hydrogen-bond donors (Lipinski definition) is 2. The summed E-state index contributed by atoms with van der Waals surface area (Å²) in [5.74, 6) is -1.03. The standard InChI is InChI=1S/C16H15ClN2O2/c1-9-6-10-4-2-3-5-14(10)19(9)15-12(16(20)21)7-11(18)8-13(15)17/h2-5,7-9H,6,18H2,1H3,(H,20,21). The number of aromatic carboxylic acids is 1. The van der Waals surface area contributed by atoms with Crippen LogP contribution < -0.4 is 10.6 Å². The predicted octanol–water partition coefficient (Wildman–Crippen LogP) is 3.70. The van der Waals surface area contributed by atoms with Crippen LogP contribution in [0.1, 0.15) is 22.8 Å². The van der Waals surface area contributed by atoms with Gasteiger partial charge in [-0.15, -0.1) is 0 Å². The molecule has 2 aromatic rings. The first-order valence-corrected chi connectivity index (χ1v) is 7.06. The fourth-order valence-corrected chi connectivity index (χ4v) is 3.25. The van der Waals surface area contributed by atoms with Crippen LogP contribution in [0, 0.1) is 0 Å². The van der Waals surface area contributed by atoms with Crippen molar-refractivity contribution in [3.8, 4) is 0 Å². The van der Waals surface area contributed by atoms with Crippen LogP contribution in [-0.4, -0.2) is 17.1 Å². The lowest BCUT2D eigenvalue weighted by Crippen LogP contribution is -2.26. The number of carbonyl (C=O) groups is 1. The maximum absolute atomic E-state index is 11.6. The fourth-order valence-electron chi connectivity index (χ4n) is 2.93. The van der Waals surface area contributed by atoms with Gasteiger partial charge in [-0.25, -0.2) is 4.79 Å². The molecule has 1 heterocycles. The highest BCUT2D eigenvalue weighted by molar-refractivity contribution is 6.34.